The molecule has 0 atom stereocenters. The number of hydrogen-bond donors (Lipinski definition) is 2. The summed E-state index contributed by atoms with van der Waals surface area (Å²) in [6.07, 6.45) is 1.65. The minimum Gasteiger partial charge on any atom is -0.478 e. The summed E-state index contributed by atoms with van der Waals surface area (Å²) in [6, 6.07) is 10.0. The Balaban J connectivity index is 2.09. The summed E-state index contributed by atoms with van der Waals surface area (Å²) in [4.78, 5) is 15.7. The number of nitrogens with zero attached hydrogens (tertiary/aromatic N) is 3. The molecule has 0 aliphatic heterocycles. The van der Waals surface area contributed by atoms with Gasteiger partial charge in [-0.05, 0) is 31.2 Å². The average Bonchev–Trinajstić information content (AvgIpc) is 2.91. The molecule has 3 rings (SSSR count). The number of carboxylic acid groups (broad SMARTS) is 1. The van der Waals surface area contributed by atoms with Crippen LogP contribution in [0, 0.1) is 6.92 Å². The fourth-order valence-electron chi connectivity index (χ4n) is 2.24. The highest BCUT2D eigenvalue weighted by molar-refractivity contribution is 6.37. The monoisotopic (exact) mass is 362 g/mol. The van der Waals surface area contributed by atoms with Crippen molar-refractivity contribution in [3.05, 3.63) is 63.9 Å². The van der Waals surface area contributed by atoms with E-state index < -0.39 is 5.97 Å². The summed E-state index contributed by atoms with van der Waals surface area (Å²) >= 11 is 12.1. The molecule has 0 aliphatic rings. The first-order valence-corrected chi connectivity index (χ1v) is 7.68. The first-order chi connectivity index (χ1) is 11.5. The van der Waals surface area contributed by atoms with Crippen molar-refractivity contribution in [2.75, 3.05) is 5.32 Å². The van der Waals surface area contributed by atoms with Gasteiger partial charge in [-0.15, -0.1) is 0 Å². The van der Waals surface area contributed by atoms with E-state index in [4.69, 9.17) is 23.2 Å². The van der Waals surface area contributed by atoms with E-state index in [9.17, 15) is 9.90 Å². The predicted octanol–water partition coefficient (Wildman–Crippen LogP) is 4.32. The molecule has 2 aromatic heterocycles. The molecule has 1 aromatic carbocycles. The van der Waals surface area contributed by atoms with Crippen molar-refractivity contribution in [2.24, 2.45) is 0 Å². The van der Waals surface area contributed by atoms with Crippen molar-refractivity contribution < 1.29 is 9.90 Å². The topological polar surface area (TPSA) is 80.0 Å². The molecule has 3 aromatic rings. The number of carbonyl (C=O) groups is 1. The Kier molecular flexibility index (Phi) is 4.42. The number of pyridine rings is 1. The molecule has 0 amide bonds. The van der Waals surface area contributed by atoms with Gasteiger partial charge in [0.1, 0.15) is 5.82 Å². The van der Waals surface area contributed by atoms with Gasteiger partial charge < -0.3 is 10.4 Å². The third-order valence-corrected chi connectivity index (χ3v) is 3.75. The average molecular weight is 363 g/mol. The number of anilines is 2. The van der Waals surface area contributed by atoms with Crippen LogP contribution >= 0.6 is 23.2 Å². The van der Waals surface area contributed by atoms with Crippen LogP contribution in [0.25, 0.3) is 5.82 Å². The van der Waals surface area contributed by atoms with Crippen LogP contribution in [-0.4, -0.2) is 25.8 Å². The molecule has 6 nitrogen and oxygen atoms in total. The standard InChI is InChI=1S/C16H12Cl2N4O2/c1-9-6-14(22(21-9)13-4-2-3-5-19-13)20-15-11(16(23)24)7-10(17)8-12(15)18/h2-8,20H,1H3,(H,23,24). The summed E-state index contributed by atoms with van der Waals surface area (Å²) < 4.78 is 1.58. The Morgan fingerprint density at radius 1 is 1.25 bits per heavy atom. The first kappa shape index (κ1) is 16.3. The van der Waals surface area contributed by atoms with Gasteiger partial charge >= 0.3 is 5.97 Å². The van der Waals surface area contributed by atoms with Crippen molar-refractivity contribution in [3.63, 3.8) is 0 Å². The Morgan fingerprint density at radius 2 is 2.04 bits per heavy atom. The highest BCUT2D eigenvalue weighted by Gasteiger charge is 2.18. The number of rotatable bonds is 4. The Morgan fingerprint density at radius 3 is 2.71 bits per heavy atom. The molecule has 8 heteroatoms. The molecule has 0 bridgehead atoms. The quantitative estimate of drug-likeness (QED) is 0.722. The summed E-state index contributed by atoms with van der Waals surface area (Å²) in [5.41, 5.74) is 0.953. The minimum absolute atomic E-state index is 0.0288. The first-order valence-electron chi connectivity index (χ1n) is 6.93. The lowest BCUT2D eigenvalue weighted by Crippen LogP contribution is -2.08. The largest absolute Gasteiger partial charge is 0.478 e. The van der Waals surface area contributed by atoms with Crippen LogP contribution in [0.4, 0.5) is 11.5 Å². The summed E-state index contributed by atoms with van der Waals surface area (Å²) in [5.74, 6) is -0.00416. The van der Waals surface area contributed by atoms with Crippen LogP contribution in [0.5, 0.6) is 0 Å². The van der Waals surface area contributed by atoms with Gasteiger partial charge in [0.2, 0.25) is 0 Å². The zero-order valence-electron chi connectivity index (χ0n) is 12.5. The van der Waals surface area contributed by atoms with Crippen molar-refractivity contribution in [3.8, 4) is 5.82 Å². The smallest absolute Gasteiger partial charge is 0.337 e. The minimum atomic E-state index is -1.14. The molecule has 24 heavy (non-hydrogen) atoms. The van der Waals surface area contributed by atoms with Gasteiger partial charge in [0, 0.05) is 17.3 Å². The van der Waals surface area contributed by atoms with Crippen LogP contribution in [0.15, 0.2) is 42.6 Å². The molecule has 0 spiro atoms. The van der Waals surface area contributed by atoms with Crippen molar-refractivity contribution in [1.82, 2.24) is 14.8 Å². The van der Waals surface area contributed by atoms with Crippen molar-refractivity contribution in [1.29, 1.82) is 0 Å². The zero-order valence-corrected chi connectivity index (χ0v) is 14.0. The molecule has 0 fully saturated rings. The van der Waals surface area contributed by atoms with Gasteiger partial charge in [0.25, 0.3) is 0 Å². The van der Waals surface area contributed by atoms with Crippen LogP contribution in [0.1, 0.15) is 16.1 Å². The number of aromatic carboxylic acids is 1. The van der Waals surface area contributed by atoms with E-state index in [1.165, 1.54) is 12.1 Å². The predicted molar refractivity (Wildman–Crippen MR) is 92.8 cm³/mol. The SMILES string of the molecule is Cc1cc(Nc2c(Cl)cc(Cl)cc2C(=O)O)n(-c2ccccn2)n1. The zero-order chi connectivity index (χ0) is 17.3. The summed E-state index contributed by atoms with van der Waals surface area (Å²) in [6.45, 7) is 1.83. The second-order valence-electron chi connectivity index (χ2n) is 5.01. The third-order valence-electron chi connectivity index (χ3n) is 3.24. The van der Waals surface area contributed by atoms with Crippen LogP contribution in [0.3, 0.4) is 0 Å². The Bertz CT molecular complexity index is 910. The van der Waals surface area contributed by atoms with E-state index in [0.29, 0.717) is 11.6 Å². The van der Waals surface area contributed by atoms with Gasteiger partial charge in [0.15, 0.2) is 5.82 Å². The maximum atomic E-state index is 11.5. The fourth-order valence-corrected chi connectivity index (χ4v) is 2.78. The normalized spacial score (nSPS) is 10.6. The van der Waals surface area contributed by atoms with Gasteiger partial charge in [0.05, 0.1) is 22.0 Å². The molecular formula is C16H12Cl2N4O2. The highest BCUT2D eigenvalue weighted by atomic mass is 35.5. The second-order valence-corrected chi connectivity index (χ2v) is 5.85. The lowest BCUT2D eigenvalue weighted by Gasteiger charge is -2.13. The number of benzene rings is 1. The summed E-state index contributed by atoms with van der Waals surface area (Å²) in [5, 5.41) is 17.2. The van der Waals surface area contributed by atoms with Crippen LogP contribution < -0.4 is 5.32 Å². The Labute approximate surface area is 147 Å². The molecule has 2 N–H and O–H groups in total. The van der Waals surface area contributed by atoms with E-state index in [1.54, 1.807) is 29.1 Å². The number of carboxylic acids is 1. The maximum absolute atomic E-state index is 11.5. The Hall–Kier alpha value is -2.57. The van der Waals surface area contributed by atoms with E-state index >= 15 is 0 Å². The number of aryl methyl sites for hydroxylation is 1. The van der Waals surface area contributed by atoms with E-state index in [1.807, 2.05) is 13.0 Å². The lowest BCUT2D eigenvalue weighted by atomic mass is 10.1. The van der Waals surface area contributed by atoms with Crippen LogP contribution in [-0.2, 0) is 0 Å². The van der Waals surface area contributed by atoms with Crippen LogP contribution in [0.2, 0.25) is 10.0 Å². The molecule has 2 heterocycles. The molecular weight excluding hydrogens is 351 g/mol. The summed E-state index contributed by atoms with van der Waals surface area (Å²) in [7, 11) is 0. The number of nitrogens with one attached hydrogen (secondary N) is 1. The third kappa shape index (κ3) is 3.20. The van der Waals surface area contributed by atoms with Crippen molar-refractivity contribution in [2.45, 2.75) is 6.92 Å². The van der Waals surface area contributed by atoms with E-state index in [2.05, 4.69) is 15.4 Å². The second kappa shape index (κ2) is 6.51. The fraction of sp³-hybridized carbons (Fsp3) is 0.0625. The highest BCUT2D eigenvalue weighted by Crippen LogP contribution is 2.33. The molecule has 0 saturated heterocycles. The van der Waals surface area contributed by atoms with Gasteiger partial charge in [-0.25, -0.2) is 9.78 Å². The number of aromatic nitrogens is 3. The van der Waals surface area contributed by atoms with E-state index in [0.717, 1.165) is 5.69 Å². The molecule has 122 valence electrons. The molecule has 0 saturated carbocycles. The number of hydrogen-bond acceptors (Lipinski definition) is 4. The molecule has 0 aliphatic carbocycles. The molecule has 0 radical (unpaired) electrons. The van der Waals surface area contributed by atoms with Gasteiger partial charge in [-0.3, -0.25) is 0 Å². The van der Waals surface area contributed by atoms with Gasteiger partial charge in [-0.2, -0.15) is 9.78 Å². The van der Waals surface area contributed by atoms with E-state index in [-0.39, 0.29) is 21.3 Å². The van der Waals surface area contributed by atoms with Gasteiger partial charge in [-0.1, -0.05) is 29.3 Å². The maximum Gasteiger partial charge on any atom is 0.337 e. The molecule has 0 unspecified atom stereocenters. The van der Waals surface area contributed by atoms with Crippen molar-refractivity contribution >= 4 is 40.7 Å². The lowest BCUT2D eigenvalue weighted by molar-refractivity contribution is 0.0698. The number of halogens is 2.